The third-order valence-corrected chi connectivity index (χ3v) is 5.94. The van der Waals surface area contributed by atoms with Crippen molar-refractivity contribution in [3.8, 4) is 0 Å². The molecule has 0 saturated carbocycles. The largest absolute Gasteiger partial charge is 0.343 e. The minimum absolute atomic E-state index is 0.0413. The number of nitrogens with zero attached hydrogens (tertiary/aromatic N) is 2. The zero-order chi connectivity index (χ0) is 16.7. The van der Waals surface area contributed by atoms with E-state index in [0.29, 0.717) is 24.9 Å². The molecule has 3 heterocycles. The first-order chi connectivity index (χ1) is 11.6. The van der Waals surface area contributed by atoms with Crippen molar-refractivity contribution in [1.29, 1.82) is 0 Å². The number of likely N-dealkylation sites (tertiary alicyclic amines) is 1. The van der Waals surface area contributed by atoms with Crippen LogP contribution in [0.5, 0.6) is 0 Å². The number of carbonyl (C=O) groups excluding carboxylic acids is 2. The molecule has 2 unspecified atom stereocenters. The Bertz CT molecular complexity index is 652. The van der Waals surface area contributed by atoms with Crippen LogP contribution in [0, 0.1) is 11.8 Å². The van der Waals surface area contributed by atoms with Crippen LogP contribution in [0.15, 0.2) is 24.3 Å². The van der Waals surface area contributed by atoms with Gasteiger partial charge in [-0.3, -0.25) is 9.59 Å². The van der Waals surface area contributed by atoms with Gasteiger partial charge < -0.3 is 15.1 Å². The van der Waals surface area contributed by atoms with Crippen molar-refractivity contribution >= 4 is 17.5 Å². The number of piperidine rings is 1. The van der Waals surface area contributed by atoms with Gasteiger partial charge in [0.15, 0.2) is 0 Å². The van der Waals surface area contributed by atoms with E-state index in [0.717, 1.165) is 38.2 Å². The molecule has 3 aliphatic heterocycles. The van der Waals surface area contributed by atoms with E-state index in [1.807, 2.05) is 15.9 Å². The fraction of sp³-hybridized carbons (Fsp3) is 0.579. The van der Waals surface area contributed by atoms with Crippen LogP contribution in [0.3, 0.4) is 0 Å². The van der Waals surface area contributed by atoms with Gasteiger partial charge in [0.1, 0.15) is 0 Å². The Kier molecular flexibility index (Phi) is 4.04. The quantitative estimate of drug-likeness (QED) is 0.852. The van der Waals surface area contributed by atoms with E-state index in [9.17, 15) is 9.59 Å². The predicted molar refractivity (Wildman–Crippen MR) is 92.9 cm³/mol. The lowest BCUT2D eigenvalue weighted by Crippen LogP contribution is -2.47. The van der Waals surface area contributed by atoms with Crippen LogP contribution >= 0.6 is 0 Å². The van der Waals surface area contributed by atoms with Gasteiger partial charge >= 0.3 is 0 Å². The maximum atomic E-state index is 13.2. The second-order valence-corrected chi connectivity index (χ2v) is 7.31. The average molecular weight is 327 g/mol. The van der Waals surface area contributed by atoms with Crippen LogP contribution in [0.2, 0.25) is 0 Å². The van der Waals surface area contributed by atoms with Crippen LogP contribution in [-0.2, 0) is 9.59 Å². The maximum Gasteiger partial charge on any atom is 0.230 e. The Labute approximate surface area is 143 Å². The standard InChI is InChI=1S/C19H25N3O2/c1-13(23)21-8-6-14(7-9-21)19(24)22-12-15-10-20-11-17(15)16-4-2-3-5-18(16)22/h2-5,14-15,17,20H,6-12H2,1H3. The molecule has 2 fully saturated rings. The Morgan fingerprint density at radius 1 is 1.12 bits per heavy atom. The first-order valence-corrected chi connectivity index (χ1v) is 9.01. The summed E-state index contributed by atoms with van der Waals surface area (Å²) in [6, 6.07) is 8.37. The lowest BCUT2D eigenvalue weighted by molar-refractivity contribution is -0.133. The number of carbonyl (C=O) groups is 2. The van der Waals surface area contributed by atoms with Gasteiger partial charge in [0.25, 0.3) is 0 Å². The second kappa shape index (κ2) is 6.20. The number of amides is 2. The first-order valence-electron chi connectivity index (χ1n) is 9.01. The van der Waals surface area contributed by atoms with Gasteiger partial charge in [0, 0.05) is 57.2 Å². The molecule has 0 aliphatic carbocycles. The fourth-order valence-electron chi connectivity index (χ4n) is 4.54. The van der Waals surface area contributed by atoms with E-state index in [1.165, 1.54) is 5.56 Å². The molecule has 2 atom stereocenters. The van der Waals surface area contributed by atoms with Gasteiger partial charge in [-0.2, -0.15) is 0 Å². The predicted octanol–water partition coefficient (Wildman–Crippen LogP) is 1.59. The van der Waals surface area contributed by atoms with Gasteiger partial charge in [-0.05, 0) is 30.4 Å². The molecule has 1 aromatic carbocycles. The van der Waals surface area contributed by atoms with E-state index >= 15 is 0 Å². The lowest BCUT2D eigenvalue weighted by Gasteiger charge is -2.39. The molecule has 2 saturated heterocycles. The molecule has 0 bridgehead atoms. The Morgan fingerprint density at radius 2 is 1.88 bits per heavy atom. The van der Waals surface area contributed by atoms with E-state index in [2.05, 4.69) is 23.5 Å². The van der Waals surface area contributed by atoms with E-state index in [-0.39, 0.29) is 17.7 Å². The van der Waals surface area contributed by atoms with E-state index in [1.54, 1.807) is 6.92 Å². The molecule has 3 aliphatic rings. The summed E-state index contributed by atoms with van der Waals surface area (Å²) < 4.78 is 0. The topological polar surface area (TPSA) is 52.7 Å². The highest BCUT2D eigenvalue weighted by Gasteiger charge is 2.40. The summed E-state index contributed by atoms with van der Waals surface area (Å²) in [6.07, 6.45) is 1.56. The molecule has 0 radical (unpaired) electrons. The molecular formula is C19H25N3O2. The van der Waals surface area contributed by atoms with Gasteiger partial charge in [0.2, 0.25) is 11.8 Å². The van der Waals surface area contributed by atoms with Crippen LogP contribution < -0.4 is 10.2 Å². The zero-order valence-corrected chi connectivity index (χ0v) is 14.2. The minimum Gasteiger partial charge on any atom is -0.343 e. The monoisotopic (exact) mass is 327 g/mol. The summed E-state index contributed by atoms with van der Waals surface area (Å²) in [7, 11) is 0. The summed E-state index contributed by atoms with van der Waals surface area (Å²) in [5.74, 6) is 1.45. The van der Waals surface area contributed by atoms with Crippen LogP contribution in [-0.4, -0.2) is 49.4 Å². The van der Waals surface area contributed by atoms with Gasteiger partial charge in [-0.1, -0.05) is 18.2 Å². The third kappa shape index (κ3) is 2.61. The van der Waals surface area contributed by atoms with Crippen molar-refractivity contribution in [2.75, 3.05) is 37.6 Å². The molecule has 0 spiro atoms. The van der Waals surface area contributed by atoms with Gasteiger partial charge in [0.05, 0.1) is 0 Å². The molecular weight excluding hydrogens is 302 g/mol. The second-order valence-electron chi connectivity index (χ2n) is 7.31. The number of hydrogen-bond donors (Lipinski definition) is 1. The number of rotatable bonds is 1. The number of benzene rings is 1. The molecule has 1 N–H and O–H groups in total. The summed E-state index contributed by atoms with van der Waals surface area (Å²) in [5.41, 5.74) is 2.41. The lowest BCUT2D eigenvalue weighted by atomic mass is 9.82. The Morgan fingerprint density at radius 3 is 2.62 bits per heavy atom. The summed E-state index contributed by atoms with van der Waals surface area (Å²) in [4.78, 5) is 28.5. The number of hydrogen-bond acceptors (Lipinski definition) is 3. The molecule has 24 heavy (non-hydrogen) atoms. The van der Waals surface area contributed by atoms with Crippen molar-refractivity contribution in [2.24, 2.45) is 11.8 Å². The SMILES string of the molecule is CC(=O)N1CCC(C(=O)N2CC3CNCC3c3ccccc32)CC1. The summed E-state index contributed by atoms with van der Waals surface area (Å²) in [5, 5.41) is 3.48. The maximum absolute atomic E-state index is 13.2. The van der Waals surface area contributed by atoms with Crippen molar-refractivity contribution in [3.63, 3.8) is 0 Å². The van der Waals surface area contributed by atoms with Crippen molar-refractivity contribution in [3.05, 3.63) is 29.8 Å². The Hall–Kier alpha value is -1.88. The number of nitrogens with one attached hydrogen (secondary N) is 1. The number of anilines is 1. The van der Waals surface area contributed by atoms with Crippen molar-refractivity contribution < 1.29 is 9.59 Å². The highest BCUT2D eigenvalue weighted by Crippen LogP contribution is 2.41. The molecule has 0 aromatic heterocycles. The van der Waals surface area contributed by atoms with Crippen LogP contribution in [0.25, 0.3) is 0 Å². The normalized spacial score (nSPS) is 26.9. The highest BCUT2D eigenvalue weighted by atomic mass is 16.2. The zero-order valence-electron chi connectivity index (χ0n) is 14.2. The summed E-state index contributed by atoms with van der Waals surface area (Å²) in [6.45, 7) is 5.84. The average Bonchev–Trinajstić information content (AvgIpc) is 3.09. The van der Waals surface area contributed by atoms with E-state index in [4.69, 9.17) is 0 Å². The van der Waals surface area contributed by atoms with E-state index < -0.39 is 0 Å². The van der Waals surface area contributed by atoms with Crippen molar-refractivity contribution in [2.45, 2.75) is 25.7 Å². The first kappa shape index (κ1) is 15.6. The van der Waals surface area contributed by atoms with Gasteiger partial charge in [-0.25, -0.2) is 0 Å². The molecule has 5 nitrogen and oxygen atoms in total. The smallest absolute Gasteiger partial charge is 0.230 e. The minimum atomic E-state index is 0.0413. The molecule has 128 valence electrons. The highest BCUT2D eigenvalue weighted by molar-refractivity contribution is 5.96. The van der Waals surface area contributed by atoms with Crippen LogP contribution in [0.1, 0.15) is 31.2 Å². The van der Waals surface area contributed by atoms with Crippen molar-refractivity contribution in [1.82, 2.24) is 10.2 Å². The van der Waals surface area contributed by atoms with Gasteiger partial charge in [-0.15, -0.1) is 0 Å². The third-order valence-electron chi connectivity index (χ3n) is 5.94. The molecule has 1 aromatic rings. The Balaban J connectivity index is 1.55. The fourth-order valence-corrected chi connectivity index (χ4v) is 4.54. The number of fused-ring (bicyclic) bond motifs is 3. The number of para-hydroxylation sites is 1. The molecule has 5 heteroatoms. The molecule has 4 rings (SSSR count). The van der Waals surface area contributed by atoms with Crippen LogP contribution in [0.4, 0.5) is 5.69 Å². The molecule has 2 amide bonds. The summed E-state index contributed by atoms with van der Waals surface area (Å²) >= 11 is 0.